The number of amides is 2. The number of aryl methyl sites for hydroxylation is 1. The van der Waals surface area contributed by atoms with E-state index in [-0.39, 0.29) is 12.1 Å². The first-order chi connectivity index (χ1) is 13.7. The van der Waals surface area contributed by atoms with Crippen LogP contribution >= 0.6 is 0 Å². The Morgan fingerprint density at radius 1 is 1.21 bits per heavy atom. The van der Waals surface area contributed by atoms with E-state index in [2.05, 4.69) is 20.7 Å². The van der Waals surface area contributed by atoms with Crippen molar-refractivity contribution >= 4 is 11.7 Å². The van der Waals surface area contributed by atoms with Crippen molar-refractivity contribution in [2.24, 2.45) is 0 Å². The number of hydrogen-bond acceptors (Lipinski definition) is 5. The monoisotopic (exact) mass is 378 g/mol. The third kappa shape index (κ3) is 4.01. The van der Waals surface area contributed by atoms with Crippen LogP contribution in [0.2, 0.25) is 0 Å². The number of hydrogen-bond donors (Lipinski definition) is 1. The molecule has 4 rings (SSSR count). The molecule has 1 saturated heterocycles. The molecule has 0 saturated carbocycles. The second-order valence-corrected chi connectivity index (χ2v) is 6.53. The summed E-state index contributed by atoms with van der Waals surface area (Å²) in [6.45, 7) is 4.19. The Morgan fingerprint density at radius 2 is 2.07 bits per heavy atom. The predicted molar refractivity (Wildman–Crippen MR) is 105 cm³/mol. The van der Waals surface area contributed by atoms with Crippen LogP contribution in [0.3, 0.4) is 0 Å². The van der Waals surface area contributed by atoms with E-state index >= 15 is 0 Å². The number of aromatic nitrogens is 4. The average molecular weight is 378 g/mol. The molecule has 1 aliphatic rings. The number of urea groups is 1. The van der Waals surface area contributed by atoms with Crippen molar-refractivity contribution in [2.45, 2.75) is 19.6 Å². The molecule has 144 valence electrons. The summed E-state index contributed by atoms with van der Waals surface area (Å²) in [4.78, 5) is 16.1. The van der Waals surface area contributed by atoms with Crippen LogP contribution in [0.1, 0.15) is 18.6 Å². The molecule has 28 heavy (non-hydrogen) atoms. The van der Waals surface area contributed by atoms with Gasteiger partial charge in [-0.15, -0.1) is 10.2 Å². The summed E-state index contributed by atoms with van der Waals surface area (Å²) in [5, 5.41) is 15.3. The number of tetrazole rings is 1. The lowest BCUT2D eigenvalue weighted by Crippen LogP contribution is -2.44. The first-order valence-electron chi connectivity index (χ1n) is 9.33. The Morgan fingerprint density at radius 3 is 2.86 bits per heavy atom. The Labute approximate surface area is 163 Å². The van der Waals surface area contributed by atoms with E-state index in [0.29, 0.717) is 37.8 Å². The van der Waals surface area contributed by atoms with Crippen molar-refractivity contribution in [1.82, 2.24) is 25.1 Å². The molecule has 1 aliphatic heterocycles. The van der Waals surface area contributed by atoms with Crippen molar-refractivity contribution in [2.75, 3.05) is 25.0 Å². The lowest BCUT2D eigenvalue weighted by Gasteiger charge is -2.33. The zero-order chi connectivity index (χ0) is 19.3. The van der Waals surface area contributed by atoms with Gasteiger partial charge >= 0.3 is 6.03 Å². The molecular formula is C20H22N6O2. The van der Waals surface area contributed by atoms with Gasteiger partial charge in [-0.25, -0.2) is 4.79 Å². The molecule has 8 nitrogen and oxygen atoms in total. The van der Waals surface area contributed by atoms with Gasteiger partial charge in [0.25, 0.3) is 0 Å². The first-order valence-corrected chi connectivity index (χ1v) is 9.33. The van der Waals surface area contributed by atoms with E-state index in [4.69, 9.17) is 4.74 Å². The highest BCUT2D eigenvalue weighted by molar-refractivity contribution is 5.90. The fourth-order valence-electron chi connectivity index (χ4n) is 3.13. The van der Waals surface area contributed by atoms with Crippen molar-refractivity contribution < 1.29 is 9.53 Å². The van der Waals surface area contributed by atoms with Gasteiger partial charge in [0.2, 0.25) is 5.82 Å². The van der Waals surface area contributed by atoms with Gasteiger partial charge < -0.3 is 15.0 Å². The normalized spacial score (nSPS) is 16.8. The molecule has 1 N–H and O–H groups in total. The Kier molecular flexibility index (Phi) is 5.29. The van der Waals surface area contributed by atoms with Gasteiger partial charge in [0.05, 0.1) is 19.7 Å². The average Bonchev–Trinajstić information content (AvgIpc) is 3.24. The molecule has 0 bridgehead atoms. The highest BCUT2D eigenvalue weighted by atomic mass is 16.5. The van der Waals surface area contributed by atoms with Gasteiger partial charge in [0.1, 0.15) is 6.10 Å². The molecule has 0 aliphatic carbocycles. The van der Waals surface area contributed by atoms with Crippen LogP contribution in [0.4, 0.5) is 10.5 Å². The Bertz CT molecular complexity index is 943. The number of morpholine rings is 1. The van der Waals surface area contributed by atoms with Crippen LogP contribution in [-0.2, 0) is 11.3 Å². The SMILES string of the molecule is CCn1nnc(-c2cccc(NC(=O)N3CCO[C@H](c4ccccc4)C3)c2)n1. The van der Waals surface area contributed by atoms with Gasteiger partial charge in [-0.2, -0.15) is 4.80 Å². The van der Waals surface area contributed by atoms with Gasteiger partial charge in [0, 0.05) is 17.8 Å². The summed E-state index contributed by atoms with van der Waals surface area (Å²) >= 11 is 0. The maximum absolute atomic E-state index is 12.8. The Hall–Kier alpha value is -3.26. The summed E-state index contributed by atoms with van der Waals surface area (Å²) in [6.07, 6.45) is -0.111. The number of benzene rings is 2. The van der Waals surface area contributed by atoms with Crippen LogP contribution in [0, 0.1) is 0 Å². The van der Waals surface area contributed by atoms with Gasteiger partial charge in [0.15, 0.2) is 0 Å². The lowest BCUT2D eigenvalue weighted by molar-refractivity contribution is -0.0135. The summed E-state index contributed by atoms with van der Waals surface area (Å²) in [5.41, 5.74) is 2.58. The quantitative estimate of drug-likeness (QED) is 0.754. The largest absolute Gasteiger partial charge is 0.370 e. The number of ether oxygens (including phenoxy) is 1. The minimum atomic E-state index is -0.147. The molecule has 1 atom stereocenters. The minimum Gasteiger partial charge on any atom is -0.370 e. The Balaban J connectivity index is 1.44. The van der Waals surface area contributed by atoms with Gasteiger partial charge in [-0.1, -0.05) is 42.5 Å². The predicted octanol–water partition coefficient (Wildman–Crippen LogP) is 2.97. The minimum absolute atomic E-state index is 0.111. The lowest BCUT2D eigenvalue weighted by atomic mass is 10.1. The summed E-state index contributed by atoms with van der Waals surface area (Å²) in [7, 11) is 0. The van der Waals surface area contributed by atoms with E-state index in [9.17, 15) is 4.79 Å². The molecule has 0 unspecified atom stereocenters. The maximum Gasteiger partial charge on any atom is 0.322 e. The second kappa shape index (κ2) is 8.18. The summed E-state index contributed by atoms with van der Waals surface area (Å²) in [5.74, 6) is 0.536. The van der Waals surface area contributed by atoms with E-state index in [1.165, 1.54) is 4.80 Å². The second-order valence-electron chi connectivity index (χ2n) is 6.53. The molecular weight excluding hydrogens is 356 g/mol. The van der Waals surface area contributed by atoms with Crippen LogP contribution in [0.5, 0.6) is 0 Å². The molecule has 1 aromatic heterocycles. The number of rotatable bonds is 4. The summed E-state index contributed by atoms with van der Waals surface area (Å²) in [6, 6.07) is 17.3. The number of nitrogens with zero attached hydrogens (tertiary/aromatic N) is 5. The van der Waals surface area contributed by atoms with E-state index in [0.717, 1.165) is 11.1 Å². The van der Waals surface area contributed by atoms with Crippen molar-refractivity contribution in [3.05, 3.63) is 60.2 Å². The molecule has 1 fully saturated rings. The van der Waals surface area contributed by atoms with Crippen molar-refractivity contribution in [3.63, 3.8) is 0 Å². The van der Waals surface area contributed by atoms with E-state index < -0.39 is 0 Å². The maximum atomic E-state index is 12.8. The number of nitrogens with one attached hydrogen (secondary N) is 1. The zero-order valence-corrected chi connectivity index (χ0v) is 15.7. The molecule has 8 heteroatoms. The van der Waals surface area contributed by atoms with Crippen LogP contribution in [0.15, 0.2) is 54.6 Å². The highest BCUT2D eigenvalue weighted by Crippen LogP contribution is 2.23. The zero-order valence-electron chi connectivity index (χ0n) is 15.7. The molecule has 2 heterocycles. The summed E-state index contributed by atoms with van der Waals surface area (Å²) < 4.78 is 5.84. The van der Waals surface area contributed by atoms with Crippen LogP contribution in [0.25, 0.3) is 11.4 Å². The third-order valence-electron chi connectivity index (χ3n) is 4.63. The number of carbonyl (C=O) groups is 1. The fourth-order valence-corrected chi connectivity index (χ4v) is 3.13. The fraction of sp³-hybridized carbons (Fsp3) is 0.300. The van der Waals surface area contributed by atoms with Crippen molar-refractivity contribution in [3.8, 4) is 11.4 Å². The molecule has 2 amide bonds. The van der Waals surface area contributed by atoms with Crippen molar-refractivity contribution in [1.29, 1.82) is 0 Å². The first kappa shape index (κ1) is 18.1. The van der Waals surface area contributed by atoms with Gasteiger partial charge in [-0.05, 0) is 29.8 Å². The number of carbonyl (C=O) groups excluding carboxylic acids is 1. The number of anilines is 1. The standard InChI is InChI=1S/C20H22N6O2/c1-2-26-23-19(22-24-26)16-9-6-10-17(13-16)21-20(27)25-11-12-28-18(14-25)15-7-4-3-5-8-15/h3-10,13,18H,2,11-12,14H2,1H3,(H,21,27)/t18-/m0/s1. The van der Waals surface area contributed by atoms with E-state index in [1.807, 2.05) is 61.5 Å². The van der Waals surface area contributed by atoms with E-state index in [1.54, 1.807) is 4.90 Å². The molecule has 3 aromatic rings. The molecule has 0 radical (unpaired) electrons. The van der Waals surface area contributed by atoms with Crippen LogP contribution in [-0.4, -0.2) is 50.8 Å². The topological polar surface area (TPSA) is 85.2 Å². The highest BCUT2D eigenvalue weighted by Gasteiger charge is 2.25. The van der Waals surface area contributed by atoms with Crippen LogP contribution < -0.4 is 5.32 Å². The molecule has 0 spiro atoms. The smallest absolute Gasteiger partial charge is 0.322 e. The third-order valence-corrected chi connectivity index (χ3v) is 4.63. The van der Waals surface area contributed by atoms with Gasteiger partial charge in [-0.3, -0.25) is 0 Å². The molecule has 2 aromatic carbocycles.